The van der Waals surface area contributed by atoms with E-state index in [9.17, 15) is 0 Å². The van der Waals surface area contributed by atoms with Crippen molar-refractivity contribution < 1.29 is 0 Å². The van der Waals surface area contributed by atoms with E-state index < -0.39 is 0 Å². The first-order valence-corrected chi connectivity index (χ1v) is 8.73. The fourth-order valence-corrected chi connectivity index (χ4v) is 4.27. The van der Waals surface area contributed by atoms with Crippen LogP contribution in [-0.2, 0) is 0 Å². The Balaban J connectivity index is 1.33. The van der Waals surface area contributed by atoms with Crippen molar-refractivity contribution in [3.8, 4) is 0 Å². The monoisotopic (exact) mass is 264 g/mol. The number of nitrogens with one attached hydrogen (secondary N) is 1. The second kappa shape index (κ2) is 6.13. The molecule has 0 radical (unpaired) electrons. The third-order valence-electron chi connectivity index (χ3n) is 6.05. The van der Waals surface area contributed by atoms with Gasteiger partial charge in [-0.05, 0) is 69.9 Å². The molecule has 2 aliphatic carbocycles. The maximum absolute atomic E-state index is 3.72. The van der Waals surface area contributed by atoms with E-state index in [0.29, 0.717) is 0 Å². The highest BCUT2D eigenvalue weighted by molar-refractivity contribution is 4.89. The molecule has 0 amide bonds. The molecule has 2 heteroatoms. The van der Waals surface area contributed by atoms with Crippen LogP contribution in [0.15, 0.2) is 0 Å². The van der Waals surface area contributed by atoms with Crippen molar-refractivity contribution in [2.24, 2.45) is 11.3 Å². The number of likely N-dealkylation sites (tertiary alicyclic amines) is 1. The van der Waals surface area contributed by atoms with Crippen LogP contribution >= 0.6 is 0 Å². The molecular weight excluding hydrogens is 232 g/mol. The van der Waals surface area contributed by atoms with Crippen molar-refractivity contribution >= 4 is 0 Å². The van der Waals surface area contributed by atoms with Gasteiger partial charge < -0.3 is 10.2 Å². The van der Waals surface area contributed by atoms with Crippen molar-refractivity contribution in [1.82, 2.24) is 10.2 Å². The average Bonchev–Trinajstić information content (AvgIpc) is 3.27. The molecule has 1 atom stereocenters. The smallest absolute Gasteiger partial charge is 0.0107 e. The van der Waals surface area contributed by atoms with E-state index in [-0.39, 0.29) is 0 Å². The van der Waals surface area contributed by atoms with Gasteiger partial charge in [-0.1, -0.05) is 19.3 Å². The Morgan fingerprint density at radius 3 is 2.37 bits per heavy atom. The number of rotatable bonds is 5. The second-order valence-electron chi connectivity index (χ2n) is 7.48. The van der Waals surface area contributed by atoms with Gasteiger partial charge in [-0.15, -0.1) is 0 Å². The Morgan fingerprint density at radius 1 is 1.05 bits per heavy atom. The molecule has 1 spiro atoms. The zero-order chi connectivity index (χ0) is 13.1. The maximum atomic E-state index is 3.72. The van der Waals surface area contributed by atoms with Gasteiger partial charge in [0.25, 0.3) is 0 Å². The Hall–Kier alpha value is -0.0800. The molecule has 1 heterocycles. The lowest BCUT2D eigenvalue weighted by Crippen LogP contribution is -2.44. The highest BCUT2D eigenvalue weighted by Crippen LogP contribution is 2.44. The van der Waals surface area contributed by atoms with Crippen molar-refractivity contribution in [3.05, 3.63) is 0 Å². The molecule has 0 aromatic heterocycles. The Bertz CT molecular complexity index is 269. The van der Waals surface area contributed by atoms with E-state index in [1.165, 1.54) is 84.0 Å². The first-order valence-electron chi connectivity index (χ1n) is 8.73. The minimum Gasteiger partial charge on any atom is -0.313 e. The lowest BCUT2D eigenvalue weighted by atomic mass is 9.68. The van der Waals surface area contributed by atoms with Gasteiger partial charge in [0.05, 0.1) is 0 Å². The van der Waals surface area contributed by atoms with Crippen LogP contribution in [0.2, 0.25) is 0 Å². The van der Waals surface area contributed by atoms with Gasteiger partial charge in [-0.3, -0.25) is 0 Å². The molecule has 3 fully saturated rings. The van der Waals surface area contributed by atoms with Crippen LogP contribution in [0, 0.1) is 11.3 Å². The minimum absolute atomic E-state index is 0.759. The molecule has 3 rings (SSSR count). The van der Waals surface area contributed by atoms with Crippen LogP contribution in [0.1, 0.15) is 64.7 Å². The molecule has 0 bridgehead atoms. The van der Waals surface area contributed by atoms with E-state index in [1.807, 2.05) is 0 Å². The first kappa shape index (κ1) is 13.9. The normalized spacial score (nSPS) is 29.5. The summed E-state index contributed by atoms with van der Waals surface area (Å²) < 4.78 is 0. The number of hydrogen-bond acceptors (Lipinski definition) is 2. The standard InChI is InChI=1S/C17H32N2/c1-15(16-5-6-16)18-11-14-19-12-9-17(10-13-19)7-3-2-4-8-17/h15-16,18H,2-14H2,1H3. The van der Waals surface area contributed by atoms with E-state index in [2.05, 4.69) is 17.1 Å². The summed E-state index contributed by atoms with van der Waals surface area (Å²) in [4.78, 5) is 2.70. The molecule has 0 aromatic carbocycles. The zero-order valence-electron chi connectivity index (χ0n) is 12.8. The predicted octanol–water partition coefficient (Wildman–Crippen LogP) is 3.42. The Kier molecular flexibility index (Phi) is 4.48. The van der Waals surface area contributed by atoms with E-state index >= 15 is 0 Å². The van der Waals surface area contributed by atoms with Gasteiger partial charge in [0, 0.05) is 19.1 Å². The molecule has 2 nitrogen and oxygen atoms in total. The molecule has 3 aliphatic rings. The van der Waals surface area contributed by atoms with E-state index in [0.717, 1.165) is 17.4 Å². The van der Waals surface area contributed by atoms with Crippen LogP contribution < -0.4 is 5.32 Å². The highest BCUT2D eigenvalue weighted by Gasteiger charge is 2.35. The van der Waals surface area contributed by atoms with Crippen LogP contribution in [0.3, 0.4) is 0 Å². The zero-order valence-corrected chi connectivity index (χ0v) is 12.8. The molecule has 1 saturated heterocycles. The van der Waals surface area contributed by atoms with Crippen LogP contribution in [0.5, 0.6) is 0 Å². The van der Waals surface area contributed by atoms with Crippen molar-refractivity contribution in [3.63, 3.8) is 0 Å². The lowest BCUT2D eigenvalue weighted by Gasteiger charge is -2.44. The van der Waals surface area contributed by atoms with Gasteiger partial charge in [-0.25, -0.2) is 0 Å². The number of nitrogens with zero attached hydrogens (tertiary/aromatic N) is 1. The van der Waals surface area contributed by atoms with Gasteiger partial charge >= 0.3 is 0 Å². The third-order valence-corrected chi connectivity index (χ3v) is 6.05. The fourth-order valence-electron chi connectivity index (χ4n) is 4.27. The summed E-state index contributed by atoms with van der Waals surface area (Å²) >= 11 is 0. The maximum Gasteiger partial charge on any atom is 0.0107 e. The molecule has 19 heavy (non-hydrogen) atoms. The Morgan fingerprint density at radius 2 is 1.74 bits per heavy atom. The van der Waals surface area contributed by atoms with E-state index in [4.69, 9.17) is 0 Å². The molecule has 0 aromatic rings. The van der Waals surface area contributed by atoms with Crippen LogP contribution in [0.25, 0.3) is 0 Å². The molecule has 1 unspecified atom stereocenters. The van der Waals surface area contributed by atoms with Crippen LogP contribution in [-0.4, -0.2) is 37.1 Å². The summed E-state index contributed by atoms with van der Waals surface area (Å²) in [5.41, 5.74) is 0.767. The predicted molar refractivity (Wildman–Crippen MR) is 81.4 cm³/mol. The van der Waals surface area contributed by atoms with Crippen molar-refractivity contribution in [2.75, 3.05) is 26.2 Å². The van der Waals surface area contributed by atoms with Gasteiger partial charge in [-0.2, -0.15) is 0 Å². The Labute approximate surface area is 119 Å². The van der Waals surface area contributed by atoms with Crippen molar-refractivity contribution in [1.29, 1.82) is 0 Å². The second-order valence-corrected chi connectivity index (χ2v) is 7.48. The molecular formula is C17H32N2. The topological polar surface area (TPSA) is 15.3 Å². The summed E-state index contributed by atoms with van der Waals surface area (Å²) in [7, 11) is 0. The highest BCUT2D eigenvalue weighted by atomic mass is 15.1. The molecule has 1 N–H and O–H groups in total. The van der Waals surface area contributed by atoms with Gasteiger partial charge in [0.15, 0.2) is 0 Å². The molecule has 1 aliphatic heterocycles. The first-order chi connectivity index (χ1) is 9.27. The lowest BCUT2D eigenvalue weighted by molar-refractivity contribution is 0.0679. The number of piperidine rings is 1. The van der Waals surface area contributed by atoms with Crippen LogP contribution in [0.4, 0.5) is 0 Å². The summed E-state index contributed by atoms with van der Waals surface area (Å²) in [5, 5.41) is 3.72. The number of hydrogen-bond donors (Lipinski definition) is 1. The average molecular weight is 264 g/mol. The summed E-state index contributed by atoms with van der Waals surface area (Å²) in [6.45, 7) is 7.56. The SMILES string of the molecule is CC(NCCN1CCC2(CCCCC2)CC1)C1CC1. The quantitative estimate of drug-likeness (QED) is 0.818. The summed E-state index contributed by atoms with van der Waals surface area (Å²) in [6.07, 6.45) is 13.4. The molecule has 110 valence electrons. The van der Waals surface area contributed by atoms with Crippen molar-refractivity contribution in [2.45, 2.75) is 70.8 Å². The largest absolute Gasteiger partial charge is 0.313 e. The molecule has 2 saturated carbocycles. The van der Waals surface area contributed by atoms with Gasteiger partial charge in [0.2, 0.25) is 0 Å². The summed E-state index contributed by atoms with van der Waals surface area (Å²) in [6, 6.07) is 0.759. The minimum atomic E-state index is 0.759. The van der Waals surface area contributed by atoms with E-state index in [1.54, 1.807) is 0 Å². The van der Waals surface area contributed by atoms with Gasteiger partial charge in [0.1, 0.15) is 0 Å². The third kappa shape index (κ3) is 3.72. The summed E-state index contributed by atoms with van der Waals surface area (Å²) in [5.74, 6) is 0.992. The fraction of sp³-hybridized carbons (Fsp3) is 1.00.